The van der Waals surface area contributed by atoms with Crippen LogP contribution in [0.25, 0.3) is 104 Å². The Morgan fingerprint density at radius 2 is 0.779 bits per heavy atom. The summed E-state index contributed by atoms with van der Waals surface area (Å²) in [6, 6.07) is 47.0. The Bertz CT molecular complexity index is 4010. The SMILES string of the molecule is [C-]#[N+]c1ccc2c(c1)-c1cc(C#N)cc3c1B2c1cc2c(-c4c(C)cc(C)cc4C)cc4c5c(cc6c(-c7c(C)cc(C)cc7C)cc-3c1c6c25)B1c2ccc(C#N)cc2-c2cc(C#N)cc-4c21. The fourth-order valence-electron chi connectivity index (χ4n) is 13.9. The van der Waals surface area contributed by atoms with E-state index in [0.29, 0.717) is 22.4 Å². The Labute approximate surface area is 395 Å². The van der Waals surface area contributed by atoms with Crippen molar-refractivity contribution >= 4 is 84.2 Å². The molecule has 4 aliphatic rings. The quantitative estimate of drug-likeness (QED) is 0.0987. The van der Waals surface area contributed by atoms with E-state index >= 15 is 0 Å². The summed E-state index contributed by atoms with van der Waals surface area (Å²) in [7, 11) is 0. The predicted molar refractivity (Wildman–Crippen MR) is 281 cm³/mol. The first kappa shape index (κ1) is 38.6. The topological polar surface area (TPSA) is 75.7 Å². The Balaban J connectivity index is 1.27. The van der Waals surface area contributed by atoms with Gasteiger partial charge in [0.25, 0.3) is 0 Å². The van der Waals surface area contributed by atoms with Crippen LogP contribution in [0.5, 0.6) is 0 Å². The highest BCUT2D eigenvalue weighted by molar-refractivity contribution is 7.03. The van der Waals surface area contributed by atoms with Crippen molar-refractivity contribution in [3.8, 4) is 85.0 Å². The van der Waals surface area contributed by atoms with Gasteiger partial charge in [0.05, 0.1) is 41.5 Å². The molecule has 0 bridgehead atoms. The number of nitrogens with zero attached hydrogens (tertiary/aromatic N) is 4. The number of hydrogen-bond donors (Lipinski definition) is 0. The Morgan fingerprint density at radius 3 is 1.21 bits per heavy atom. The van der Waals surface area contributed by atoms with E-state index in [2.05, 4.69) is 137 Å². The highest BCUT2D eigenvalue weighted by Gasteiger charge is 2.45. The second-order valence-corrected chi connectivity index (χ2v) is 19.9. The van der Waals surface area contributed by atoms with Crippen LogP contribution in [0.3, 0.4) is 0 Å². The molecule has 0 radical (unpaired) electrons. The van der Waals surface area contributed by atoms with E-state index in [4.69, 9.17) is 6.57 Å². The van der Waals surface area contributed by atoms with E-state index in [1.165, 1.54) is 98.7 Å². The molecule has 4 aliphatic heterocycles. The number of hydrogen-bond acceptors (Lipinski definition) is 3. The van der Waals surface area contributed by atoms with Gasteiger partial charge in [-0.05, 0) is 217 Å². The highest BCUT2D eigenvalue weighted by atomic mass is 14.6. The van der Waals surface area contributed by atoms with Crippen molar-refractivity contribution in [2.24, 2.45) is 0 Å². The molecule has 14 rings (SSSR count). The van der Waals surface area contributed by atoms with Crippen LogP contribution in [0.15, 0.2) is 109 Å². The molecule has 0 saturated heterocycles. The highest BCUT2D eigenvalue weighted by Crippen LogP contribution is 2.52. The first-order valence-electron chi connectivity index (χ1n) is 23.3. The molecule has 310 valence electrons. The maximum absolute atomic E-state index is 10.7. The lowest BCUT2D eigenvalue weighted by atomic mass is 9.34. The fourth-order valence-corrected chi connectivity index (χ4v) is 13.9. The van der Waals surface area contributed by atoms with Crippen LogP contribution in [0, 0.1) is 82.1 Å². The number of aryl methyl sites for hydroxylation is 6. The predicted octanol–water partition coefficient (Wildman–Crippen LogP) is 10.9. The van der Waals surface area contributed by atoms with E-state index in [1.54, 1.807) is 0 Å². The van der Waals surface area contributed by atoms with Gasteiger partial charge >= 0.3 is 0 Å². The molecule has 0 amide bonds. The molecule has 10 aromatic carbocycles. The number of nitriles is 3. The summed E-state index contributed by atoms with van der Waals surface area (Å²) in [4.78, 5) is 3.88. The molecule has 0 N–H and O–H groups in total. The molecular weight excluding hydrogens is 822 g/mol. The Morgan fingerprint density at radius 1 is 0.382 bits per heavy atom. The van der Waals surface area contributed by atoms with Crippen molar-refractivity contribution in [1.29, 1.82) is 15.8 Å². The van der Waals surface area contributed by atoms with E-state index in [9.17, 15) is 15.8 Å². The maximum atomic E-state index is 10.7. The largest absolute Gasteiger partial charge is 0.244 e. The monoisotopic (exact) mass is 858 g/mol. The van der Waals surface area contributed by atoms with Gasteiger partial charge < -0.3 is 0 Å². The molecule has 0 saturated carbocycles. The van der Waals surface area contributed by atoms with Crippen molar-refractivity contribution in [1.82, 2.24) is 0 Å². The van der Waals surface area contributed by atoms with E-state index in [0.717, 1.165) is 66.6 Å². The molecule has 0 aliphatic carbocycles. The zero-order valence-electron chi connectivity index (χ0n) is 38.3. The van der Waals surface area contributed by atoms with E-state index < -0.39 is 0 Å². The molecule has 4 heterocycles. The molecule has 6 heteroatoms. The van der Waals surface area contributed by atoms with E-state index in [1.807, 2.05) is 36.4 Å². The van der Waals surface area contributed by atoms with Crippen LogP contribution in [0.2, 0.25) is 0 Å². The summed E-state index contributed by atoms with van der Waals surface area (Å²) < 4.78 is 0. The summed E-state index contributed by atoms with van der Waals surface area (Å²) in [5.74, 6) is 0. The third kappa shape index (κ3) is 4.67. The van der Waals surface area contributed by atoms with E-state index in [-0.39, 0.29) is 13.4 Å². The van der Waals surface area contributed by atoms with Crippen molar-refractivity contribution < 1.29 is 0 Å². The minimum Gasteiger partial charge on any atom is -0.238 e. The molecule has 4 nitrogen and oxygen atoms in total. The van der Waals surface area contributed by atoms with Gasteiger partial charge in [0.1, 0.15) is 0 Å². The van der Waals surface area contributed by atoms with Crippen molar-refractivity contribution in [3.63, 3.8) is 0 Å². The van der Waals surface area contributed by atoms with Crippen LogP contribution in [0.4, 0.5) is 5.69 Å². The lowest BCUT2D eigenvalue weighted by molar-refractivity contribution is 1.32. The second-order valence-electron chi connectivity index (χ2n) is 19.9. The Kier molecular flexibility index (Phi) is 7.39. The minimum absolute atomic E-state index is 0.118. The molecule has 0 spiro atoms. The van der Waals surface area contributed by atoms with Crippen LogP contribution in [0.1, 0.15) is 50.1 Å². The third-order valence-electron chi connectivity index (χ3n) is 16.0. The maximum Gasteiger partial charge on any atom is 0.244 e. The summed E-state index contributed by atoms with van der Waals surface area (Å²) in [6.45, 7) is 21.1. The molecular formula is C62H36B2N4. The smallest absolute Gasteiger partial charge is 0.238 e. The number of rotatable bonds is 2. The first-order valence-corrected chi connectivity index (χ1v) is 23.3. The summed E-state index contributed by atoms with van der Waals surface area (Å²) in [5.41, 5.74) is 30.1. The first-order chi connectivity index (χ1) is 33.0. The van der Waals surface area contributed by atoms with Gasteiger partial charge in [-0.25, -0.2) is 4.85 Å². The summed E-state index contributed by atoms with van der Waals surface area (Å²) >= 11 is 0. The van der Waals surface area contributed by atoms with Crippen molar-refractivity contribution in [3.05, 3.63) is 171 Å². The Hall–Kier alpha value is -8.67. The fraction of sp³-hybridized carbons (Fsp3) is 0.0968. The zero-order chi connectivity index (χ0) is 46.3. The molecule has 10 aromatic rings. The molecule has 0 atom stereocenters. The van der Waals surface area contributed by atoms with Crippen LogP contribution in [-0.2, 0) is 0 Å². The van der Waals surface area contributed by atoms with Crippen LogP contribution in [-0.4, -0.2) is 13.4 Å². The van der Waals surface area contributed by atoms with Crippen LogP contribution >= 0.6 is 0 Å². The molecule has 0 aromatic heterocycles. The zero-order valence-corrected chi connectivity index (χ0v) is 38.3. The summed E-state index contributed by atoms with van der Waals surface area (Å²) in [5, 5.41) is 38.8. The lowest BCUT2D eigenvalue weighted by Crippen LogP contribution is -2.53. The number of benzene rings is 10. The van der Waals surface area contributed by atoms with Gasteiger partial charge in [0.2, 0.25) is 13.4 Å². The minimum atomic E-state index is -0.122. The number of fused-ring (bicyclic) bond motifs is 10. The van der Waals surface area contributed by atoms with Gasteiger partial charge in [-0.1, -0.05) is 98.5 Å². The standard InChI is InChI=1S/C62H36B2N4/c1-29-12-31(3)55(32(4)13-29)41-22-43-49-19-36(27-66)17-47-39-16-35(26-65)8-10-51(39)63(61(47)49)53-24-45-42(56-33(5)14-30(2)15-34(56)6)23-44-50-20-37(28-67)18-48-40-21-38(68-7)9-11-52(40)64(62(48)50)54-25-46(41)59(57(43)53)60(45)58(44)54/h8-25H,1-6H3. The lowest BCUT2D eigenvalue weighted by Gasteiger charge is -2.33. The van der Waals surface area contributed by atoms with Gasteiger partial charge in [0.15, 0.2) is 5.69 Å². The van der Waals surface area contributed by atoms with Crippen molar-refractivity contribution in [2.75, 3.05) is 0 Å². The summed E-state index contributed by atoms with van der Waals surface area (Å²) in [6.07, 6.45) is 0. The van der Waals surface area contributed by atoms with Gasteiger partial charge in [0, 0.05) is 0 Å². The van der Waals surface area contributed by atoms with Crippen LogP contribution < -0.4 is 32.8 Å². The third-order valence-corrected chi connectivity index (χ3v) is 16.0. The molecule has 68 heavy (non-hydrogen) atoms. The van der Waals surface area contributed by atoms with Gasteiger partial charge in [-0.15, -0.1) is 0 Å². The second kappa shape index (κ2) is 13.0. The van der Waals surface area contributed by atoms with Gasteiger partial charge in [-0.2, -0.15) is 15.8 Å². The average molecular weight is 859 g/mol. The van der Waals surface area contributed by atoms with Crippen molar-refractivity contribution in [2.45, 2.75) is 41.5 Å². The average Bonchev–Trinajstić information content (AvgIpc) is 3.84. The molecule has 0 unspecified atom stereocenters. The van der Waals surface area contributed by atoms with Gasteiger partial charge in [-0.3, -0.25) is 0 Å². The normalized spacial score (nSPS) is 12.7. The molecule has 0 fully saturated rings.